The maximum atomic E-state index is 5.87. The second-order valence-electron chi connectivity index (χ2n) is 3.72. The lowest BCUT2D eigenvalue weighted by atomic mass is 10.1. The molecule has 0 heterocycles. The van der Waals surface area contributed by atoms with Crippen LogP contribution in [0.15, 0.2) is 60.7 Å². The number of hydrogen-bond donors (Lipinski definition) is 1. The van der Waals surface area contributed by atoms with Crippen molar-refractivity contribution in [3.8, 4) is 0 Å². The fraction of sp³-hybridized carbons (Fsp3) is 0.0667. The Morgan fingerprint density at radius 3 is 2.31 bits per heavy atom. The lowest BCUT2D eigenvalue weighted by Gasteiger charge is -2.00. The van der Waals surface area contributed by atoms with Crippen LogP contribution in [0, 0.1) is 0 Å². The molecule has 0 aliphatic rings. The van der Waals surface area contributed by atoms with Crippen molar-refractivity contribution in [3.05, 3.63) is 71.8 Å². The molecule has 0 radical (unpaired) electrons. The summed E-state index contributed by atoms with van der Waals surface area (Å²) in [5.74, 6) is 0. The molecule has 0 saturated carbocycles. The van der Waals surface area contributed by atoms with E-state index in [4.69, 9.17) is 5.73 Å². The van der Waals surface area contributed by atoms with Gasteiger partial charge >= 0.3 is 0 Å². The molecule has 1 heteroatoms. The van der Waals surface area contributed by atoms with Crippen LogP contribution >= 0.6 is 0 Å². The largest absolute Gasteiger partial charge is 0.398 e. The molecule has 2 aromatic rings. The van der Waals surface area contributed by atoms with E-state index in [0.29, 0.717) is 0 Å². The standard InChI is InChI=1S/C15H15N/c16-15-12-5-4-10-14(15)11-6-9-13-7-2-1-3-8-13/h1-10,12H,11,16H2/b9-6-. The van der Waals surface area contributed by atoms with Crippen LogP contribution in [0.3, 0.4) is 0 Å². The lowest BCUT2D eigenvalue weighted by Crippen LogP contribution is -1.91. The Labute approximate surface area is 96.2 Å². The van der Waals surface area contributed by atoms with E-state index in [-0.39, 0.29) is 0 Å². The predicted octanol–water partition coefficient (Wildman–Crippen LogP) is 3.52. The summed E-state index contributed by atoms with van der Waals surface area (Å²) in [6.45, 7) is 0. The summed E-state index contributed by atoms with van der Waals surface area (Å²) in [6.07, 6.45) is 5.13. The molecule has 0 spiro atoms. The normalized spacial score (nSPS) is 10.8. The molecule has 0 aliphatic heterocycles. The predicted molar refractivity (Wildman–Crippen MR) is 70.0 cm³/mol. The summed E-state index contributed by atoms with van der Waals surface area (Å²) >= 11 is 0. The Morgan fingerprint density at radius 2 is 1.56 bits per heavy atom. The van der Waals surface area contributed by atoms with Crippen molar-refractivity contribution < 1.29 is 0 Å². The molecule has 0 bridgehead atoms. The van der Waals surface area contributed by atoms with Gasteiger partial charge in [-0.15, -0.1) is 0 Å². The molecule has 2 rings (SSSR count). The topological polar surface area (TPSA) is 26.0 Å². The van der Waals surface area contributed by atoms with Gasteiger partial charge in [0, 0.05) is 5.69 Å². The quantitative estimate of drug-likeness (QED) is 0.769. The number of nitrogen functional groups attached to an aromatic ring is 1. The average Bonchev–Trinajstić information content (AvgIpc) is 2.33. The van der Waals surface area contributed by atoms with Crippen molar-refractivity contribution in [1.82, 2.24) is 0 Å². The van der Waals surface area contributed by atoms with Crippen LogP contribution in [-0.2, 0) is 6.42 Å². The van der Waals surface area contributed by atoms with Crippen LogP contribution in [0.1, 0.15) is 11.1 Å². The molecule has 1 nitrogen and oxygen atoms in total. The van der Waals surface area contributed by atoms with E-state index in [1.165, 1.54) is 11.1 Å². The third-order valence-corrected chi connectivity index (χ3v) is 2.50. The molecule has 16 heavy (non-hydrogen) atoms. The zero-order valence-corrected chi connectivity index (χ0v) is 9.14. The van der Waals surface area contributed by atoms with E-state index in [2.05, 4.69) is 30.4 Å². The van der Waals surface area contributed by atoms with Gasteiger partial charge in [0.1, 0.15) is 0 Å². The van der Waals surface area contributed by atoms with Crippen molar-refractivity contribution in [3.63, 3.8) is 0 Å². The van der Waals surface area contributed by atoms with Gasteiger partial charge in [-0.25, -0.2) is 0 Å². The van der Waals surface area contributed by atoms with Gasteiger partial charge in [0.2, 0.25) is 0 Å². The molecule has 0 atom stereocenters. The van der Waals surface area contributed by atoms with Crippen molar-refractivity contribution >= 4 is 11.8 Å². The summed E-state index contributed by atoms with van der Waals surface area (Å²) in [4.78, 5) is 0. The van der Waals surface area contributed by atoms with Crippen LogP contribution in [0.25, 0.3) is 6.08 Å². The van der Waals surface area contributed by atoms with Crippen molar-refractivity contribution in [1.29, 1.82) is 0 Å². The first-order valence-electron chi connectivity index (χ1n) is 5.41. The second kappa shape index (κ2) is 5.17. The van der Waals surface area contributed by atoms with Crippen LogP contribution in [0.4, 0.5) is 5.69 Å². The second-order valence-corrected chi connectivity index (χ2v) is 3.72. The zero-order valence-electron chi connectivity index (χ0n) is 9.14. The first-order valence-corrected chi connectivity index (χ1v) is 5.41. The smallest absolute Gasteiger partial charge is 0.0349 e. The van der Waals surface area contributed by atoms with E-state index in [1.54, 1.807) is 0 Å². The zero-order chi connectivity index (χ0) is 11.2. The highest BCUT2D eigenvalue weighted by molar-refractivity contribution is 5.52. The van der Waals surface area contributed by atoms with E-state index >= 15 is 0 Å². The number of anilines is 1. The SMILES string of the molecule is Nc1ccccc1C/C=C\c1ccccc1. The molecule has 0 aliphatic carbocycles. The molecule has 80 valence electrons. The number of para-hydroxylation sites is 1. The average molecular weight is 209 g/mol. The lowest BCUT2D eigenvalue weighted by molar-refractivity contribution is 1.28. The van der Waals surface area contributed by atoms with Gasteiger partial charge in [-0.3, -0.25) is 0 Å². The summed E-state index contributed by atoms with van der Waals surface area (Å²) in [5, 5.41) is 0. The summed E-state index contributed by atoms with van der Waals surface area (Å²) in [5.41, 5.74) is 9.12. The van der Waals surface area contributed by atoms with E-state index < -0.39 is 0 Å². The van der Waals surface area contributed by atoms with Crippen LogP contribution in [0.5, 0.6) is 0 Å². The Kier molecular flexibility index (Phi) is 3.39. The number of nitrogens with two attached hydrogens (primary N) is 1. The minimum atomic E-state index is 0.861. The molecular weight excluding hydrogens is 194 g/mol. The highest BCUT2D eigenvalue weighted by Crippen LogP contribution is 2.12. The van der Waals surface area contributed by atoms with Gasteiger partial charge < -0.3 is 5.73 Å². The third kappa shape index (κ3) is 2.74. The van der Waals surface area contributed by atoms with Gasteiger partial charge in [-0.1, -0.05) is 60.7 Å². The molecular formula is C15H15N. The third-order valence-electron chi connectivity index (χ3n) is 2.50. The first kappa shape index (κ1) is 10.5. The molecule has 0 fully saturated rings. The van der Waals surface area contributed by atoms with E-state index in [0.717, 1.165) is 12.1 Å². The van der Waals surface area contributed by atoms with E-state index in [9.17, 15) is 0 Å². The number of benzene rings is 2. The maximum Gasteiger partial charge on any atom is 0.0349 e. The molecule has 0 saturated heterocycles. The van der Waals surface area contributed by atoms with Gasteiger partial charge in [0.15, 0.2) is 0 Å². The minimum absolute atomic E-state index is 0.861. The van der Waals surface area contributed by atoms with Crippen LogP contribution < -0.4 is 5.73 Å². The number of hydrogen-bond acceptors (Lipinski definition) is 1. The first-order chi connectivity index (χ1) is 7.86. The van der Waals surface area contributed by atoms with E-state index in [1.807, 2.05) is 36.4 Å². The highest BCUT2D eigenvalue weighted by Gasteiger charge is 1.93. The van der Waals surface area contributed by atoms with Crippen molar-refractivity contribution in [2.75, 3.05) is 5.73 Å². The Hall–Kier alpha value is -2.02. The molecule has 0 unspecified atom stereocenters. The van der Waals surface area contributed by atoms with Crippen LogP contribution in [0.2, 0.25) is 0 Å². The molecule has 0 aromatic heterocycles. The highest BCUT2D eigenvalue weighted by atomic mass is 14.5. The Bertz CT molecular complexity index is 472. The van der Waals surface area contributed by atoms with Crippen LogP contribution in [-0.4, -0.2) is 0 Å². The van der Waals surface area contributed by atoms with Gasteiger partial charge in [0.05, 0.1) is 0 Å². The van der Waals surface area contributed by atoms with Crippen molar-refractivity contribution in [2.45, 2.75) is 6.42 Å². The fourth-order valence-corrected chi connectivity index (χ4v) is 1.61. The monoisotopic (exact) mass is 209 g/mol. The Morgan fingerprint density at radius 1 is 0.875 bits per heavy atom. The van der Waals surface area contributed by atoms with Gasteiger partial charge in [0.25, 0.3) is 0 Å². The van der Waals surface area contributed by atoms with Gasteiger partial charge in [-0.05, 0) is 23.6 Å². The minimum Gasteiger partial charge on any atom is -0.398 e. The fourth-order valence-electron chi connectivity index (χ4n) is 1.61. The van der Waals surface area contributed by atoms with Crippen molar-refractivity contribution in [2.24, 2.45) is 0 Å². The summed E-state index contributed by atoms with van der Waals surface area (Å²) < 4.78 is 0. The molecule has 0 amide bonds. The molecule has 2 aromatic carbocycles. The summed E-state index contributed by atoms with van der Waals surface area (Å²) in [6, 6.07) is 18.2. The summed E-state index contributed by atoms with van der Waals surface area (Å²) in [7, 11) is 0. The maximum absolute atomic E-state index is 5.87. The Balaban J connectivity index is 2.03. The van der Waals surface area contributed by atoms with Gasteiger partial charge in [-0.2, -0.15) is 0 Å². The molecule has 2 N–H and O–H groups in total. The number of allylic oxidation sites excluding steroid dienone is 1. The number of rotatable bonds is 3.